The van der Waals surface area contributed by atoms with Gasteiger partial charge in [-0.3, -0.25) is 4.79 Å². The number of halogens is 1. The van der Waals surface area contributed by atoms with E-state index in [4.69, 9.17) is 27.2 Å². The molecule has 0 aliphatic carbocycles. The van der Waals surface area contributed by atoms with E-state index in [0.29, 0.717) is 16.5 Å². The lowest BCUT2D eigenvalue weighted by atomic mass is 10.1. The molecule has 0 bridgehead atoms. The summed E-state index contributed by atoms with van der Waals surface area (Å²) in [5, 5.41) is 9.44. The molecule has 0 fully saturated rings. The lowest BCUT2D eigenvalue weighted by Gasteiger charge is -2.09. The van der Waals surface area contributed by atoms with Crippen molar-refractivity contribution < 1.29 is 14.6 Å². The van der Waals surface area contributed by atoms with Crippen molar-refractivity contribution in [3.8, 4) is 11.5 Å². The topological polar surface area (TPSA) is 72.5 Å². The molecule has 1 atom stereocenters. The fraction of sp³-hybridized carbons (Fsp3) is 0.133. The SMILES string of the molecule is NC(Cc1cccc(Oc2ccc(Cl)cc2)c1)C(=O)O. The summed E-state index contributed by atoms with van der Waals surface area (Å²) in [5.41, 5.74) is 6.32. The highest BCUT2D eigenvalue weighted by atomic mass is 35.5. The van der Waals surface area contributed by atoms with Gasteiger partial charge < -0.3 is 15.6 Å². The first-order valence-corrected chi connectivity index (χ1v) is 6.43. The average molecular weight is 292 g/mol. The molecule has 0 spiro atoms. The Balaban J connectivity index is 2.09. The Kier molecular flexibility index (Phi) is 4.61. The summed E-state index contributed by atoms with van der Waals surface area (Å²) in [6, 6.07) is 13.3. The molecule has 4 nitrogen and oxygen atoms in total. The quantitative estimate of drug-likeness (QED) is 0.888. The van der Waals surface area contributed by atoms with Crippen molar-refractivity contribution in [3.05, 3.63) is 59.1 Å². The molecule has 20 heavy (non-hydrogen) atoms. The van der Waals surface area contributed by atoms with Gasteiger partial charge in [-0.15, -0.1) is 0 Å². The molecule has 0 saturated heterocycles. The highest BCUT2D eigenvalue weighted by Gasteiger charge is 2.12. The van der Waals surface area contributed by atoms with E-state index in [-0.39, 0.29) is 6.42 Å². The molecule has 5 heteroatoms. The van der Waals surface area contributed by atoms with Crippen LogP contribution in [-0.4, -0.2) is 17.1 Å². The summed E-state index contributed by atoms with van der Waals surface area (Å²) < 4.78 is 5.67. The predicted octanol–water partition coefficient (Wildman–Crippen LogP) is 3.09. The summed E-state index contributed by atoms with van der Waals surface area (Å²) in [6.07, 6.45) is 0.257. The number of aliphatic carboxylic acids is 1. The van der Waals surface area contributed by atoms with E-state index in [2.05, 4.69) is 0 Å². The molecule has 0 aliphatic heterocycles. The van der Waals surface area contributed by atoms with E-state index in [1.165, 1.54) is 0 Å². The number of rotatable bonds is 5. The fourth-order valence-corrected chi connectivity index (χ4v) is 1.84. The number of nitrogens with two attached hydrogens (primary N) is 1. The molecule has 2 aromatic carbocycles. The molecule has 0 amide bonds. The summed E-state index contributed by atoms with van der Waals surface area (Å²) >= 11 is 5.80. The standard InChI is InChI=1S/C15H14ClNO3/c16-11-4-6-12(7-5-11)20-13-3-1-2-10(8-13)9-14(17)15(18)19/h1-8,14H,9,17H2,(H,18,19). The Bertz CT molecular complexity index is 598. The van der Waals surface area contributed by atoms with E-state index >= 15 is 0 Å². The minimum atomic E-state index is -1.02. The largest absolute Gasteiger partial charge is 0.480 e. The molecule has 0 aliphatic rings. The summed E-state index contributed by atoms with van der Waals surface area (Å²) in [7, 11) is 0. The molecule has 0 saturated carbocycles. The first-order chi connectivity index (χ1) is 9.54. The summed E-state index contributed by atoms with van der Waals surface area (Å²) in [4.78, 5) is 10.7. The number of carbonyl (C=O) groups is 1. The van der Waals surface area contributed by atoms with E-state index in [1.807, 2.05) is 6.07 Å². The van der Waals surface area contributed by atoms with Crippen molar-refractivity contribution >= 4 is 17.6 Å². The van der Waals surface area contributed by atoms with Crippen molar-refractivity contribution in [1.82, 2.24) is 0 Å². The monoisotopic (exact) mass is 291 g/mol. The second kappa shape index (κ2) is 6.41. The van der Waals surface area contributed by atoms with Crippen molar-refractivity contribution in [3.63, 3.8) is 0 Å². The molecule has 104 valence electrons. The Morgan fingerprint density at radius 2 is 1.90 bits per heavy atom. The van der Waals surface area contributed by atoms with Gasteiger partial charge in [0.1, 0.15) is 17.5 Å². The third-order valence-corrected chi connectivity index (χ3v) is 2.97. The van der Waals surface area contributed by atoms with Crippen molar-refractivity contribution in [1.29, 1.82) is 0 Å². The molecule has 1 unspecified atom stereocenters. The van der Waals surface area contributed by atoms with Gasteiger partial charge in [0.05, 0.1) is 0 Å². The molecule has 3 N–H and O–H groups in total. The van der Waals surface area contributed by atoms with Gasteiger partial charge in [0.15, 0.2) is 0 Å². The summed E-state index contributed by atoms with van der Waals surface area (Å²) in [6.45, 7) is 0. The first kappa shape index (κ1) is 14.4. The number of hydrogen-bond acceptors (Lipinski definition) is 3. The molecular formula is C15H14ClNO3. The van der Waals surface area contributed by atoms with Gasteiger partial charge in [0.25, 0.3) is 0 Å². The van der Waals surface area contributed by atoms with Crippen LogP contribution in [0.15, 0.2) is 48.5 Å². The van der Waals surface area contributed by atoms with Gasteiger partial charge in [0.2, 0.25) is 0 Å². The average Bonchev–Trinajstić information content (AvgIpc) is 2.42. The van der Waals surface area contributed by atoms with Crippen LogP contribution in [0, 0.1) is 0 Å². The predicted molar refractivity (Wildman–Crippen MR) is 77.3 cm³/mol. The van der Waals surface area contributed by atoms with Crippen LogP contribution in [0.25, 0.3) is 0 Å². The van der Waals surface area contributed by atoms with Crippen LogP contribution in [0.1, 0.15) is 5.56 Å². The summed E-state index contributed by atoms with van der Waals surface area (Å²) in [5.74, 6) is 0.269. The van der Waals surface area contributed by atoms with Gasteiger partial charge >= 0.3 is 5.97 Å². The van der Waals surface area contributed by atoms with Gasteiger partial charge in [-0.2, -0.15) is 0 Å². The third-order valence-electron chi connectivity index (χ3n) is 2.72. The molecule has 0 aromatic heterocycles. The highest BCUT2D eigenvalue weighted by molar-refractivity contribution is 6.30. The van der Waals surface area contributed by atoms with E-state index in [9.17, 15) is 4.79 Å². The van der Waals surface area contributed by atoms with Crippen LogP contribution in [0.3, 0.4) is 0 Å². The molecular weight excluding hydrogens is 278 g/mol. The van der Waals surface area contributed by atoms with Crippen LogP contribution in [-0.2, 0) is 11.2 Å². The van der Waals surface area contributed by atoms with Crippen LogP contribution in [0.5, 0.6) is 11.5 Å². The molecule has 0 radical (unpaired) electrons. The van der Waals surface area contributed by atoms with Gasteiger partial charge in [0, 0.05) is 5.02 Å². The fourth-order valence-electron chi connectivity index (χ4n) is 1.72. The lowest BCUT2D eigenvalue weighted by Crippen LogP contribution is -2.32. The van der Waals surface area contributed by atoms with E-state index in [0.717, 1.165) is 5.56 Å². The minimum Gasteiger partial charge on any atom is -0.480 e. The first-order valence-electron chi connectivity index (χ1n) is 6.05. The normalized spacial score (nSPS) is 11.9. The van der Waals surface area contributed by atoms with Crippen LogP contribution < -0.4 is 10.5 Å². The van der Waals surface area contributed by atoms with Crippen molar-refractivity contribution in [2.75, 3.05) is 0 Å². The molecule has 2 rings (SSSR count). The number of benzene rings is 2. The van der Waals surface area contributed by atoms with Crippen molar-refractivity contribution in [2.24, 2.45) is 5.73 Å². The van der Waals surface area contributed by atoms with Crippen LogP contribution in [0.4, 0.5) is 0 Å². The van der Waals surface area contributed by atoms with Crippen LogP contribution in [0.2, 0.25) is 5.02 Å². The maximum Gasteiger partial charge on any atom is 0.320 e. The molecule has 0 heterocycles. The maximum absolute atomic E-state index is 10.7. The van der Waals surface area contributed by atoms with Crippen LogP contribution >= 0.6 is 11.6 Å². The number of ether oxygens (including phenoxy) is 1. The smallest absolute Gasteiger partial charge is 0.320 e. The maximum atomic E-state index is 10.7. The number of carboxylic acids is 1. The Hall–Kier alpha value is -2.04. The second-order valence-electron chi connectivity index (χ2n) is 4.35. The Labute approximate surface area is 121 Å². The van der Waals surface area contributed by atoms with E-state index < -0.39 is 12.0 Å². The van der Waals surface area contributed by atoms with Gasteiger partial charge in [-0.1, -0.05) is 23.7 Å². The number of hydrogen-bond donors (Lipinski definition) is 2. The van der Waals surface area contributed by atoms with Crippen molar-refractivity contribution in [2.45, 2.75) is 12.5 Å². The zero-order valence-corrected chi connectivity index (χ0v) is 11.4. The number of carboxylic acid groups (broad SMARTS) is 1. The zero-order chi connectivity index (χ0) is 14.5. The second-order valence-corrected chi connectivity index (χ2v) is 4.79. The molecule has 2 aromatic rings. The zero-order valence-electron chi connectivity index (χ0n) is 10.6. The minimum absolute atomic E-state index is 0.257. The Morgan fingerprint density at radius 1 is 1.20 bits per heavy atom. The third kappa shape index (κ3) is 3.98. The lowest BCUT2D eigenvalue weighted by molar-refractivity contribution is -0.138. The Morgan fingerprint density at radius 3 is 2.55 bits per heavy atom. The van der Waals surface area contributed by atoms with E-state index in [1.54, 1.807) is 42.5 Å². The van der Waals surface area contributed by atoms with Gasteiger partial charge in [-0.25, -0.2) is 0 Å². The highest BCUT2D eigenvalue weighted by Crippen LogP contribution is 2.24. The van der Waals surface area contributed by atoms with Gasteiger partial charge in [-0.05, 0) is 48.4 Å².